The monoisotopic (exact) mass is 332 g/mol. The summed E-state index contributed by atoms with van der Waals surface area (Å²) in [5.41, 5.74) is 1.96. The predicted octanol–water partition coefficient (Wildman–Crippen LogP) is 3.17. The summed E-state index contributed by atoms with van der Waals surface area (Å²) in [6.45, 7) is 4.15. The number of benzene rings is 1. The van der Waals surface area contributed by atoms with Crippen molar-refractivity contribution < 1.29 is 9.53 Å². The number of ether oxygens (including phenoxy) is 1. The molecular formula is C16H17ClN4O2. The first-order valence-corrected chi connectivity index (χ1v) is 7.80. The number of carbonyl (C=O) groups is 1. The molecule has 2 aromatic rings. The van der Waals surface area contributed by atoms with Crippen LogP contribution in [0.1, 0.15) is 31.9 Å². The highest BCUT2D eigenvalue weighted by Crippen LogP contribution is 2.37. The molecule has 0 radical (unpaired) electrons. The number of nitrogens with one attached hydrogen (secondary N) is 1. The van der Waals surface area contributed by atoms with Gasteiger partial charge in [0.05, 0.1) is 12.2 Å². The second kappa shape index (κ2) is 6.42. The van der Waals surface area contributed by atoms with E-state index in [0.717, 1.165) is 12.0 Å². The third-order valence-corrected chi connectivity index (χ3v) is 4.00. The molecule has 120 valence electrons. The molecule has 0 bridgehead atoms. The van der Waals surface area contributed by atoms with Gasteiger partial charge in [0.15, 0.2) is 0 Å². The first kappa shape index (κ1) is 15.6. The molecule has 3 rings (SSSR count). The minimum Gasteiger partial charge on any atom is -0.462 e. The molecule has 6 nitrogen and oxygen atoms in total. The first-order chi connectivity index (χ1) is 11.1. The number of hydrogen-bond donors (Lipinski definition) is 1. The smallest absolute Gasteiger partial charge is 0.338 e. The largest absolute Gasteiger partial charge is 0.462 e. The van der Waals surface area contributed by atoms with Crippen molar-refractivity contribution in [2.24, 2.45) is 0 Å². The Morgan fingerprint density at radius 1 is 1.43 bits per heavy atom. The van der Waals surface area contributed by atoms with Crippen LogP contribution in [-0.4, -0.2) is 27.3 Å². The molecule has 1 atom stereocenters. The van der Waals surface area contributed by atoms with E-state index >= 15 is 0 Å². The average Bonchev–Trinajstić information content (AvgIpc) is 3.00. The average molecular weight is 333 g/mol. The van der Waals surface area contributed by atoms with Crippen LogP contribution in [0.15, 0.2) is 41.9 Å². The molecule has 23 heavy (non-hydrogen) atoms. The maximum Gasteiger partial charge on any atom is 0.338 e. The molecule has 1 aromatic carbocycles. The first-order valence-electron chi connectivity index (χ1n) is 7.42. The number of fused-ring (bicyclic) bond motifs is 1. The lowest BCUT2D eigenvalue weighted by Gasteiger charge is -2.28. The van der Waals surface area contributed by atoms with Gasteiger partial charge in [-0.05, 0) is 19.4 Å². The predicted molar refractivity (Wildman–Crippen MR) is 87.2 cm³/mol. The third kappa shape index (κ3) is 2.82. The Hall–Kier alpha value is -2.34. The van der Waals surface area contributed by atoms with Gasteiger partial charge in [0.25, 0.3) is 0 Å². The highest BCUT2D eigenvalue weighted by atomic mass is 35.5. The molecule has 0 saturated heterocycles. The molecule has 0 amide bonds. The zero-order valence-corrected chi connectivity index (χ0v) is 13.7. The highest BCUT2D eigenvalue weighted by molar-refractivity contribution is 6.31. The summed E-state index contributed by atoms with van der Waals surface area (Å²) in [5, 5.41) is 7.90. The number of aromatic nitrogens is 3. The van der Waals surface area contributed by atoms with Crippen LogP contribution in [0.5, 0.6) is 0 Å². The quantitative estimate of drug-likeness (QED) is 0.871. The molecule has 0 spiro atoms. The van der Waals surface area contributed by atoms with E-state index in [1.54, 1.807) is 10.7 Å². The van der Waals surface area contributed by atoms with Crippen molar-refractivity contribution in [3.63, 3.8) is 0 Å². The Bertz CT molecular complexity index is 769. The molecule has 0 saturated carbocycles. The van der Waals surface area contributed by atoms with Gasteiger partial charge in [-0.1, -0.05) is 36.7 Å². The van der Waals surface area contributed by atoms with Crippen LogP contribution >= 0.6 is 11.6 Å². The van der Waals surface area contributed by atoms with Gasteiger partial charge < -0.3 is 10.1 Å². The van der Waals surface area contributed by atoms with E-state index in [2.05, 4.69) is 15.4 Å². The fourth-order valence-corrected chi connectivity index (χ4v) is 2.85. The van der Waals surface area contributed by atoms with Gasteiger partial charge in [-0.15, -0.1) is 0 Å². The lowest BCUT2D eigenvalue weighted by atomic mass is 9.96. The van der Waals surface area contributed by atoms with Gasteiger partial charge in [0.1, 0.15) is 12.4 Å². The number of anilines is 1. The lowest BCUT2D eigenvalue weighted by molar-refractivity contribution is -0.139. The van der Waals surface area contributed by atoms with E-state index in [1.807, 2.05) is 32.0 Å². The van der Waals surface area contributed by atoms with E-state index in [0.29, 0.717) is 28.8 Å². The van der Waals surface area contributed by atoms with E-state index < -0.39 is 6.04 Å². The van der Waals surface area contributed by atoms with Crippen LogP contribution in [-0.2, 0) is 9.53 Å². The molecule has 1 N–H and O–H groups in total. The van der Waals surface area contributed by atoms with Crippen LogP contribution in [0.25, 0.3) is 0 Å². The SMILES string of the molecule is CCCOC(=O)C1=C(C)Nc2ncnn2[C@H]1c1ccccc1Cl. The number of nitrogens with zero attached hydrogens (tertiary/aromatic N) is 3. The molecule has 0 unspecified atom stereocenters. The maximum absolute atomic E-state index is 12.6. The fraction of sp³-hybridized carbons (Fsp3) is 0.312. The minimum atomic E-state index is -0.466. The second-order valence-corrected chi connectivity index (χ2v) is 5.66. The van der Waals surface area contributed by atoms with Gasteiger partial charge in [-0.2, -0.15) is 10.1 Å². The molecule has 0 aliphatic carbocycles. The Morgan fingerprint density at radius 2 is 2.22 bits per heavy atom. The minimum absolute atomic E-state index is 0.370. The molecule has 1 aromatic heterocycles. The molecule has 1 aliphatic heterocycles. The normalized spacial score (nSPS) is 16.7. The van der Waals surface area contributed by atoms with Crippen molar-refractivity contribution in [1.29, 1.82) is 0 Å². The van der Waals surface area contributed by atoms with Gasteiger partial charge in [0, 0.05) is 16.3 Å². The van der Waals surface area contributed by atoms with Gasteiger partial charge in [-0.3, -0.25) is 0 Å². The number of hydrogen-bond acceptors (Lipinski definition) is 5. The van der Waals surface area contributed by atoms with Crippen LogP contribution in [0.2, 0.25) is 5.02 Å². The maximum atomic E-state index is 12.6. The third-order valence-electron chi connectivity index (χ3n) is 3.65. The fourth-order valence-electron chi connectivity index (χ4n) is 2.61. The van der Waals surface area contributed by atoms with Crippen molar-refractivity contribution in [1.82, 2.24) is 14.8 Å². The topological polar surface area (TPSA) is 69.0 Å². The van der Waals surface area contributed by atoms with Crippen molar-refractivity contribution in [3.8, 4) is 0 Å². The Balaban J connectivity index is 2.11. The number of carbonyl (C=O) groups excluding carboxylic acids is 1. The van der Waals surface area contributed by atoms with Crippen molar-refractivity contribution in [2.45, 2.75) is 26.3 Å². The summed E-state index contributed by atoms with van der Waals surface area (Å²) in [5.74, 6) is 0.197. The summed E-state index contributed by atoms with van der Waals surface area (Å²) in [7, 11) is 0. The van der Waals surface area contributed by atoms with E-state index in [4.69, 9.17) is 16.3 Å². The standard InChI is InChI=1S/C16H17ClN4O2/c1-3-8-23-15(22)13-10(2)20-16-18-9-19-21(16)14(13)11-6-4-5-7-12(11)17/h4-7,9,14H,3,8H2,1-2H3,(H,18,19,20)/t14-/m0/s1. The van der Waals surface area contributed by atoms with Gasteiger partial charge in [0.2, 0.25) is 5.95 Å². The summed E-state index contributed by atoms with van der Waals surface area (Å²) in [6.07, 6.45) is 2.20. The van der Waals surface area contributed by atoms with Gasteiger partial charge in [-0.25, -0.2) is 9.48 Å². The zero-order chi connectivity index (χ0) is 16.4. The molecule has 1 aliphatic rings. The van der Waals surface area contributed by atoms with Crippen LogP contribution < -0.4 is 5.32 Å². The molecule has 2 heterocycles. The lowest BCUT2D eigenvalue weighted by Crippen LogP contribution is -2.30. The highest BCUT2D eigenvalue weighted by Gasteiger charge is 2.35. The summed E-state index contributed by atoms with van der Waals surface area (Å²) < 4.78 is 6.99. The van der Waals surface area contributed by atoms with Gasteiger partial charge >= 0.3 is 5.97 Å². The summed E-state index contributed by atoms with van der Waals surface area (Å²) >= 11 is 6.36. The Kier molecular flexibility index (Phi) is 4.34. The summed E-state index contributed by atoms with van der Waals surface area (Å²) in [6, 6.07) is 6.93. The molecule has 7 heteroatoms. The number of rotatable bonds is 4. The van der Waals surface area contributed by atoms with E-state index in [9.17, 15) is 4.79 Å². The van der Waals surface area contributed by atoms with E-state index in [1.165, 1.54) is 6.33 Å². The second-order valence-electron chi connectivity index (χ2n) is 5.25. The number of halogens is 1. The zero-order valence-electron chi connectivity index (χ0n) is 12.9. The Morgan fingerprint density at radius 3 is 2.96 bits per heavy atom. The molecule has 0 fully saturated rings. The van der Waals surface area contributed by atoms with Crippen molar-refractivity contribution >= 4 is 23.5 Å². The van der Waals surface area contributed by atoms with Crippen molar-refractivity contribution in [2.75, 3.05) is 11.9 Å². The van der Waals surface area contributed by atoms with Crippen LogP contribution in [0.3, 0.4) is 0 Å². The number of esters is 1. The Labute approximate surface area is 139 Å². The van der Waals surface area contributed by atoms with Crippen LogP contribution in [0, 0.1) is 0 Å². The number of allylic oxidation sites excluding steroid dienone is 1. The summed E-state index contributed by atoms with van der Waals surface area (Å²) in [4.78, 5) is 16.7. The van der Waals surface area contributed by atoms with Crippen molar-refractivity contribution in [3.05, 3.63) is 52.4 Å². The molecular weight excluding hydrogens is 316 g/mol. The van der Waals surface area contributed by atoms with E-state index in [-0.39, 0.29) is 5.97 Å². The van der Waals surface area contributed by atoms with Crippen LogP contribution in [0.4, 0.5) is 5.95 Å².